The van der Waals surface area contributed by atoms with Gasteiger partial charge in [0.25, 0.3) is 0 Å². The summed E-state index contributed by atoms with van der Waals surface area (Å²) in [5.74, 6) is 0.918. The molecule has 0 bridgehead atoms. The van der Waals surface area contributed by atoms with Gasteiger partial charge in [-0.15, -0.1) is 0 Å². The van der Waals surface area contributed by atoms with Crippen molar-refractivity contribution >= 4 is 9.84 Å². The monoisotopic (exact) mass is 317 g/mol. The van der Waals surface area contributed by atoms with Gasteiger partial charge in [-0.25, -0.2) is 8.42 Å². The Kier molecular flexibility index (Phi) is 4.97. The maximum atomic E-state index is 11.2. The Labute approximate surface area is 125 Å². The Balaban J connectivity index is 2.03. The fourth-order valence-electron chi connectivity index (χ4n) is 2.29. The van der Waals surface area contributed by atoms with E-state index in [4.69, 9.17) is 10.3 Å². The standard InChI is InChI=1S/C12H23N5O3S/c1-16-5-6-17(2)10(8-16)11-14-12(20-15-11)9(13)4-7-21(3,18)19/h9-10H,4-8,13H2,1-3H3. The van der Waals surface area contributed by atoms with Crippen LogP contribution in [0.4, 0.5) is 0 Å². The van der Waals surface area contributed by atoms with E-state index in [1.54, 1.807) is 0 Å². The van der Waals surface area contributed by atoms with Gasteiger partial charge in [-0.05, 0) is 20.5 Å². The number of aromatic nitrogens is 2. The predicted molar refractivity (Wildman–Crippen MR) is 78.4 cm³/mol. The van der Waals surface area contributed by atoms with Crippen LogP contribution >= 0.6 is 0 Å². The Morgan fingerprint density at radius 3 is 2.81 bits per heavy atom. The van der Waals surface area contributed by atoms with Crippen LogP contribution in [0.15, 0.2) is 4.52 Å². The lowest BCUT2D eigenvalue weighted by Gasteiger charge is -2.35. The van der Waals surface area contributed by atoms with Crippen molar-refractivity contribution in [2.75, 3.05) is 45.7 Å². The van der Waals surface area contributed by atoms with Crippen molar-refractivity contribution in [2.24, 2.45) is 5.73 Å². The van der Waals surface area contributed by atoms with Crippen molar-refractivity contribution in [3.05, 3.63) is 11.7 Å². The normalized spacial score (nSPS) is 23.3. The molecule has 9 heteroatoms. The second kappa shape index (κ2) is 6.39. The second-order valence-electron chi connectivity index (χ2n) is 5.77. The van der Waals surface area contributed by atoms with Gasteiger partial charge in [0.15, 0.2) is 5.82 Å². The van der Waals surface area contributed by atoms with E-state index in [0.717, 1.165) is 19.6 Å². The molecule has 8 nitrogen and oxygen atoms in total. The largest absolute Gasteiger partial charge is 0.338 e. The van der Waals surface area contributed by atoms with Crippen LogP contribution in [0.5, 0.6) is 0 Å². The van der Waals surface area contributed by atoms with Crippen molar-refractivity contribution in [1.82, 2.24) is 19.9 Å². The van der Waals surface area contributed by atoms with E-state index < -0.39 is 15.9 Å². The zero-order valence-electron chi connectivity index (χ0n) is 12.7. The van der Waals surface area contributed by atoms with Gasteiger partial charge in [0, 0.05) is 25.9 Å². The molecule has 1 aliphatic heterocycles. The first-order valence-electron chi connectivity index (χ1n) is 6.92. The molecule has 1 aliphatic rings. The van der Waals surface area contributed by atoms with Crippen LogP contribution in [0.3, 0.4) is 0 Å². The van der Waals surface area contributed by atoms with Crippen LogP contribution < -0.4 is 5.73 Å². The number of likely N-dealkylation sites (N-methyl/N-ethyl adjacent to an activating group) is 2. The molecule has 2 atom stereocenters. The fraction of sp³-hybridized carbons (Fsp3) is 0.833. The molecule has 2 unspecified atom stereocenters. The highest BCUT2D eigenvalue weighted by Gasteiger charge is 2.28. The Hall–Kier alpha value is -1.03. The summed E-state index contributed by atoms with van der Waals surface area (Å²) >= 11 is 0. The first-order valence-corrected chi connectivity index (χ1v) is 8.98. The molecule has 1 saturated heterocycles. The van der Waals surface area contributed by atoms with Crippen LogP contribution in [-0.2, 0) is 9.84 Å². The van der Waals surface area contributed by atoms with Gasteiger partial charge in [-0.3, -0.25) is 4.90 Å². The van der Waals surface area contributed by atoms with E-state index in [0.29, 0.717) is 11.7 Å². The lowest BCUT2D eigenvalue weighted by atomic mass is 10.2. The van der Waals surface area contributed by atoms with Gasteiger partial charge < -0.3 is 15.2 Å². The number of rotatable bonds is 5. The topological polar surface area (TPSA) is 106 Å². The van der Waals surface area contributed by atoms with E-state index >= 15 is 0 Å². The average molecular weight is 317 g/mol. The number of nitrogens with two attached hydrogens (primary N) is 1. The molecule has 120 valence electrons. The summed E-state index contributed by atoms with van der Waals surface area (Å²) in [6.45, 7) is 2.77. The number of sulfone groups is 1. The van der Waals surface area contributed by atoms with Crippen LogP contribution in [0.25, 0.3) is 0 Å². The molecule has 0 aliphatic carbocycles. The van der Waals surface area contributed by atoms with Crippen molar-refractivity contribution in [2.45, 2.75) is 18.5 Å². The number of hydrogen-bond donors (Lipinski definition) is 1. The van der Waals surface area contributed by atoms with Gasteiger partial charge in [-0.2, -0.15) is 4.98 Å². The third kappa shape index (κ3) is 4.47. The van der Waals surface area contributed by atoms with Crippen molar-refractivity contribution in [1.29, 1.82) is 0 Å². The van der Waals surface area contributed by atoms with E-state index in [1.807, 2.05) is 7.05 Å². The third-order valence-corrected chi connectivity index (χ3v) is 4.70. The zero-order valence-corrected chi connectivity index (χ0v) is 13.5. The molecule has 0 spiro atoms. The molecule has 2 rings (SSSR count). The summed E-state index contributed by atoms with van der Waals surface area (Å²) in [7, 11) is 1.04. The summed E-state index contributed by atoms with van der Waals surface area (Å²) in [5.41, 5.74) is 5.92. The van der Waals surface area contributed by atoms with Crippen molar-refractivity contribution < 1.29 is 12.9 Å². The average Bonchev–Trinajstić information content (AvgIpc) is 2.87. The molecule has 1 fully saturated rings. The molecule has 1 aromatic rings. The smallest absolute Gasteiger partial charge is 0.243 e. The lowest BCUT2D eigenvalue weighted by Crippen LogP contribution is -2.45. The highest BCUT2D eigenvalue weighted by molar-refractivity contribution is 7.90. The number of piperazine rings is 1. The maximum absolute atomic E-state index is 11.2. The van der Waals surface area contributed by atoms with Crippen LogP contribution in [0.1, 0.15) is 30.2 Å². The molecular weight excluding hydrogens is 294 g/mol. The van der Waals surface area contributed by atoms with E-state index in [2.05, 4.69) is 27.0 Å². The highest BCUT2D eigenvalue weighted by Crippen LogP contribution is 2.22. The summed E-state index contributed by atoms with van der Waals surface area (Å²) in [4.78, 5) is 8.74. The van der Waals surface area contributed by atoms with Crippen LogP contribution in [0.2, 0.25) is 0 Å². The molecule has 0 radical (unpaired) electrons. The SMILES string of the molecule is CN1CCN(C)C(c2noc(C(N)CCS(C)(=O)=O)n2)C1. The molecule has 2 N–H and O–H groups in total. The van der Waals surface area contributed by atoms with E-state index in [1.165, 1.54) is 6.26 Å². The van der Waals surface area contributed by atoms with Gasteiger partial charge in [-0.1, -0.05) is 5.16 Å². The quantitative estimate of drug-likeness (QED) is 0.769. The Morgan fingerprint density at radius 2 is 2.14 bits per heavy atom. The predicted octanol–water partition coefficient (Wildman–Crippen LogP) is -0.578. The van der Waals surface area contributed by atoms with Crippen LogP contribution in [-0.4, -0.2) is 74.1 Å². The number of hydrogen-bond acceptors (Lipinski definition) is 8. The third-order valence-electron chi connectivity index (χ3n) is 3.72. The molecule has 2 heterocycles. The van der Waals surface area contributed by atoms with Gasteiger partial charge in [0.2, 0.25) is 5.89 Å². The van der Waals surface area contributed by atoms with Crippen LogP contribution in [0, 0.1) is 0 Å². The minimum Gasteiger partial charge on any atom is -0.338 e. The first-order chi connectivity index (χ1) is 9.76. The summed E-state index contributed by atoms with van der Waals surface area (Å²) in [5, 5.41) is 4.01. The maximum Gasteiger partial charge on any atom is 0.243 e. The van der Waals surface area contributed by atoms with Crippen molar-refractivity contribution in [3.63, 3.8) is 0 Å². The molecule has 0 saturated carbocycles. The summed E-state index contributed by atoms with van der Waals surface area (Å²) in [6, 6.07) is -0.476. The van der Waals surface area contributed by atoms with Gasteiger partial charge >= 0.3 is 0 Å². The second-order valence-corrected chi connectivity index (χ2v) is 8.03. The molecule has 0 aromatic carbocycles. The minimum absolute atomic E-state index is 0.0119. The molecule has 1 aromatic heterocycles. The fourth-order valence-corrected chi connectivity index (χ4v) is 2.97. The summed E-state index contributed by atoms with van der Waals surface area (Å²) < 4.78 is 27.5. The zero-order chi connectivity index (χ0) is 15.6. The van der Waals surface area contributed by atoms with Gasteiger partial charge in [0.05, 0.1) is 17.8 Å². The van der Waals surface area contributed by atoms with E-state index in [9.17, 15) is 8.42 Å². The van der Waals surface area contributed by atoms with Gasteiger partial charge in [0.1, 0.15) is 9.84 Å². The first kappa shape index (κ1) is 16.3. The Morgan fingerprint density at radius 1 is 1.43 bits per heavy atom. The molecular formula is C12H23N5O3S. The lowest BCUT2D eigenvalue weighted by molar-refractivity contribution is 0.108. The highest BCUT2D eigenvalue weighted by atomic mass is 32.2. The minimum atomic E-state index is -3.04. The number of nitrogens with zero attached hydrogens (tertiary/aromatic N) is 4. The van der Waals surface area contributed by atoms with Crippen molar-refractivity contribution in [3.8, 4) is 0 Å². The molecule has 21 heavy (non-hydrogen) atoms. The Bertz CT molecular complexity index is 573. The molecule has 0 amide bonds. The van der Waals surface area contributed by atoms with E-state index in [-0.39, 0.29) is 18.2 Å². The summed E-state index contributed by atoms with van der Waals surface area (Å²) in [6.07, 6.45) is 1.46.